The SMILES string of the molecule is Cc1cnc(C(=O)OCC(=O)N(Cc2ccccc2F)C2CC2)cn1. The molecule has 1 aromatic heterocycles. The molecule has 0 atom stereocenters. The molecule has 130 valence electrons. The fraction of sp³-hybridized carbons (Fsp3) is 0.333. The van der Waals surface area contributed by atoms with Gasteiger partial charge in [-0.05, 0) is 25.8 Å². The molecule has 25 heavy (non-hydrogen) atoms. The third-order valence-electron chi connectivity index (χ3n) is 3.92. The van der Waals surface area contributed by atoms with E-state index in [0.29, 0.717) is 11.3 Å². The van der Waals surface area contributed by atoms with Crippen molar-refractivity contribution in [2.75, 3.05) is 6.61 Å². The predicted molar refractivity (Wildman–Crippen MR) is 87.0 cm³/mol. The quantitative estimate of drug-likeness (QED) is 0.753. The minimum Gasteiger partial charge on any atom is -0.451 e. The summed E-state index contributed by atoms with van der Waals surface area (Å²) in [6, 6.07) is 6.41. The van der Waals surface area contributed by atoms with E-state index in [0.717, 1.165) is 12.8 Å². The van der Waals surface area contributed by atoms with E-state index in [1.54, 1.807) is 30.0 Å². The molecular weight excluding hydrogens is 325 g/mol. The number of ether oxygens (including phenoxy) is 1. The van der Waals surface area contributed by atoms with Crippen LogP contribution >= 0.6 is 0 Å². The lowest BCUT2D eigenvalue weighted by Gasteiger charge is -2.22. The maximum Gasteiger partial charge on any atom is 0.359 e. The van der Waals surface area contributed by atoms with E-state index in [9.17, 15) is 14.0 Å². The number of hydrogen-bond acceptors (Lipinski definition) is 5. The van der Waals surface area contributed by atoms with Crippen molar-refractivity contribution in [3.8, 4) is 0 Å². The number of halogens is 1. The molecular formula is C18H18FN3O3. The summed E-state index contributed by atoms with van der Waals surface area (Å²) in [6.45, 7) is 1.51. The number of nitrogens with zero attached hydrogens (tertiary/aromatic N) is 3. The van der Waals surface area contributed by atoms with Gasteiger partial charge in [-0.2, -0.15) is 0 Å². The van der Waals surface area contributed by atoms with E-state index in [2.05, 4.69) is 9.97 Å². The van der Waals surface area contributed by atoms with Crippen molar-refractivity contribution in [1.82, 2.24) is 14.9 Å². The van der Waals surface area contributed by atoms with Gasteiger partial charge in [0.2, 0.25) is 0 Å². The third-order valence-corrected chi connectivity index (χ3v) is 3.92. The van der Waals surface area contributed by atoms with Crippen molar-refractivity contribution in [2.24, 2.45) is 0 Å². The number of aryl methyl sites for hydroxylation is 1. The highest BCUT2D eigenvalue weighted by molar-refractivity contribution is 5.89. The van der Waals surface area contributed by atoms with Crippen molar-refractivity contribution in [3.63, 3.8) is 0 Å². The normalized spacial score (nSPS) is 13.4. The Hall–Kier alpha value is -2.83. The van der Waals surface area contributed by atoms with Crippen LogP contribution in [0.3, 0.4) is 0 Å². The van der Waals surface area contributed by atoms with Gasteiger partial charge in [0.25, 0.3) is 5.91 Å². The maximum absolute atomic E-state index is 13.8. The first-order valence-corrected chi connectivity index (χ1v) is 8.03. The van der Waals surface area contributed by atoms with Gasteiger partial charge in [-0.1, -0.05) is 18.2 Å². The molecule has 1 aliphatic carbocycles. The van der Waals surface area contributed by atoms with Crippen LogP contribution in [0.2, 0.25) is 0 Å². The van der Waals surface area contributed by atoms with Gasteiger partial charge >= 0.3 is 5.97 Å². The molecule has 1 fully saturated rings. The molecule has 0 radical (unpaired) electrons. The van der Waals surface area contributed by atoms with Gasteiger partial charge < -0.3 is 9.64 Å². The van der Waals surface area contributed by atoms with Crippen LogP contribution in [0.4, 0.5) is 4.39 Å². The highest BCUT2D eigenvalue weighted by Gasteiger charge is 2.33. The summed E-state index contributed by atoms with van der Waals surface area (Å²) in [5, 5.41) is 0. The number of aromatic nitrogens is 2. The van der Waals surface area contributed by atoms with Gasteiger partial charge in [0.15, 0.2) is 12.3 Å². The molecule has 1 aromatic carbocycles. The fourth-order valence-electron chi connectivity index (χ4n) is 2.40. The first-order chi connectivity index (χ1) is 12.0. The second-order valence-electron chi connectivity index (χ2n) is 5.96. The van der Waals surface area contributed by atoms with E-state index < -0.39 is 12.6 Å². The molecule has 7 heteroatoms. The number of amides is 1. The zero-order valence-corrected chi connectivity index (χ0v) is 13.8. The molecule has 2 aromatic rings. The Balaban J connectivity index is 1.61. The van der Waals surface area contributed by atoms with E-state index in [1.807, 2.05) is 0 Å². The van der Waals surface area contributed by atoms with E-state index in [4.69, 9.17) is 4.74 Å². The van der Waals surface area contributed by atoms with Crippen molar-refractivity contribution < 1.29 is 18.7 Å². The van der Waals surface area contributed by atoms with E-state index in [1.165, 1.54) is 18.5 Å². The lowest BCUT2D eigenvalue weighted by atomic mass is 10.2. The summed E-state index contributed by atoms with van der Waals surface area (Å²) < 4.78 is 18.9. The minimum absolute atomic E-state index is 0.0467. The first kappa shape index (κ1) is 17.0. The molecule has 6 nitrogen and oxygen atoms in total. The van der Waals surface area contributed by atoms with Crippen LogP contribution in [0.25, 0.3) is 0 Å². The second-order valence-corrected chi connectivity index (χ2v) is 5.96. The van der Waals surface area contributed by atoms with Gasteiger partial charge in [0, 0.05) is 24.3 Å². The Kier molecular flexibility index (Phi) is 5.02. The van der Waals surface area contributed by atoms with Crippen LogP contribution in [0.5, 0.6) is 0 Å². The molecule has 0 spiro atoms. The molecule has 0 bridgehead atoms. The molecule has 3 rings (SSSR count). The molecule has 0 N–H and O–H groups in total. The van der Waals surface area contributed by atoms with Crippen LogP contribution in [-0.4, -0.2) is 39.4 Å². The Morgan fingerprint density at radius 2 is 2.00 bits per heavy atom. The van der Waals surface area contributed by atoms with Crippen LogP contribution in [0.15, 0.2) is 36.7 Å². The summed E-state index contributed by atoms with van der Waals surface area (Å²) in [4.78, 5) is 33.8. The molecule has 1 heterocycles. The highest BCUT2D eigenvalue weighted by atomic mass is 19.1. The van der Waals surface area contributed by atoms with Gasteiger partial charge in [0.05, 0.1) is 11.9 Å². The summed E-state index contributed by atoms with van der Waals surface area (Å²) in [5.74, 6) is -1.41. The number of carbonyl (C=O) groups excluding carboxylic acids is 2. The fourth-order valence-corrected chi connectivity index (χ4v) is 2.40. The summed E-state index contributed by atoms with van der Waals surface area (Å²) in [6.07, 6.45) is 4.50. The Morgan fingerprint density at radius 3 is 2.64 bits per heavy atom. The molecule has 0 unspecified atom stereocenters. The number of esters is 1. The summed E-state index contributed by atoms with van der Waals surface area (Å²) >= 11 is 0. The van der Waals surface area contributed by atoms with Crippen molar-refractivity contribution >= 4 is 11.9 Å². The number of benzene rings is 1. The van der Waals surface area contributed by atoms with E-state index in [-0.39, 0.29) is 30.0 Å². The van der Waals surface area contributed by atoms with Gasteiger partial charge in [-0.3, -0.25) is 9.78 Å². The Labute approximate surface area is 144 Å². The first-order valence-electron chi connectivity index (χ1n) is 8.03. The second kappa shape index (κ2) is 7.38. The third kappa shape index (κ3) is 4.37. The Bertz CT molecular complexity index is 775. The minimum atomic E-state index is -0.706. The summed E-state index contributed by atoms with van der Waals surface area (Å²) in [5.41, 5.74) is 1.17. The zero-order chi connectivity index (χ0) is 17.8. The molecule has 1 saturated carbocycles. The van der Waals surface area contributed by atoms with Gasteiger partial charge in [-0.15, -0.1) is 0 Å². The number of rotatable bonds is 6. The van der Waals surface area contributed by atoms with Gasteiger partial charge in [0.1, 0.15) is 5.82 Å². The average Bonchev–Trinajstić information content (AvgIpc) is 3.44. The van der Waals surface area contributed by atoms with Crippen LogP contribution < -0.4 is 0 Å². The Morgan fingerprint density at radius 1 is 1.24 bits per heavy atom. The highest BCUT2D eigenvalue weighted by Crippen LogP contribution is 2.29. The monoisotopic (exact) mass is 343 g/mol. The standard InChI is InChI=1S/C18H18FN3O3/c1-12-8-21-16(9-20-12)18(24)25-11-17(23)22(14-6-7-14)10-13-4-2-3-5-15(13)19/h2-5,8-9,14H,6-7,10-11H2,1H3. The van der Waals surface area contributed by atoms with Crippen LogP contribution in [0, 0.1) is 12.7 Å². The molecule has 0 aliphatic heterocycles. The van der Waals surface area contributed by atoms with Gasteiger partial charge in [-0.25, -0.2) is 14.2 Å². The largest absolute Gasteiger partial charge is 0.451 e. The lowest BCUT2D eigenvalue weighted by Crippen LogP contribution is -2.36. The predicted octanol–water partition coefficient (Wildman–Crippen LogP) is 2.27. The van der Waals surface area contributed by atoms with Crippen molar-refractivity contribution in [3.05, 3.63) is 59.4 Å². The lowest BCUT2D eigenvalue weighted by molar-refractivity contribution is -0.135. The van der Waals surface area contributed by atoms with Crippen LogP contribution in [-0.2, 0) is 16.1 Å². The zero-order valence-electron chi connectivity index (χ0n) is 13.8. The topological polar surface area (TPSA) is 72.4 Å². The molecule has 1 aliphatic rings. The number of carbonyl (C=O) groups is 2. The van der Waals surface area contributed by atoms with Crippen molar-refractivity contribution in [2.45, 2.75) is 32.4 Å². The molecule has 1 amide bonds. The molecule has 0 saturated heterocycles. The maximum atomic E-state index is 13.8. The average molecular weight is 343 g/mol. The van der Waals surface area contributed by atoms with Crippen molar-refractivity contribution in [1.29, 1.82) is 0 Å². The smallest absolute Gasteiger partial charge is 0.359 e. The summed E-state index contributed by atoms with van der Waals surface area (Å²) in [7, 11) is 0. The van der Waals surface area contributed by atoms with Crippen LogP contribution in [0.1, 0.15) is 34.6 Å². The van der Waals surface area contributed by atoms with E-state index >= 15 is 0 Å². The number of hydrogen-bond donors (Lipinski definition) is 0.